The molecule has 0 aliphatic carbocycles. The van der Waals surface area contributed by atoms with Crippen molar-refractivity contribution in [2.75, 3.05) is 52.5 Å². The van der Waals surface area contributed by atoms with E-state index in [1.807, 2.05) is 0 Å². The molecule has 3 N–H and O–H groups in total. The van der Waals surface area contributed by atoms with Crippen LogP contribution in [0.15, 0.2) is 0 Å². The van der Waals surface area contributed by atoms with Crippen LogP contribution < -0.4 is 11.1 Å². The Balaban J connectivity index is 1.32. The molecule has 0 aromatic rings. The Morgan fingerprint density at radius 1 is 1.16 bits per heavy atom. The van der Waals surface area contributed by atoms with Gasteiger partial charge >= 0.3 is 0 Å². The van der Waals surface area contributed by atoms with Crippen molar-refractivity contribution in [1.82, 2.24) is 15.1 Å². The molecule has 0 amide bonds. The number of likely N-dealkylation sites (tertiary alicyclic amines) is 1. The predicted molar refractivity (Wildman–Crippen MR) is 98.7 cm³/mol. The monoisotopic (exact) mass is 352 g/mol. The fraction of sp³-hybridized carbons (Fsp3) is 1.00. The van der Waals surface area contributed by atoms with Gasteiger partial charge in [-0.05, 0) is 33.6 Å². The Hall–Kier alpha value is -0.240. The average Bonchev–Trinajstić information content (AvgIpc) is 2.51. The Labute approximate surface area is 152 Å². The van der Waals surface area contributed by atoms with Gasteiger partial charge in [-0.1, -0.05) is 0 Å². The SMILES string of the molecule is CC(C)N1CC(CC(C)N2CC3(CCOCC3N)C2)OC2(CNC2)C1. The summed E-state index contributed by atoms with van der Waals surface area (Å²) in [6.45, 7) is 15.0. The lowest BCUT2D eigenvalue weighted by Gasteiger charge is -2.58. The summed E-state index contributed by atoms with van der Waals surface area (Å²) >= 11 is 0. The largest absolute Gasteiger partial charge is 0.380 e. The second-order valence-corrected chi connectivity index (χ2v) is 9.33. The molecule has 2 spiro atoms. The van der Waals surface area contributed by atoms with E-state index in [1.54, 1.807) is 0 Å². The first-order valence-corrected chi connectivity index (χ1v) is 10.1. The summed E-state index contributed by atoms with van der Waals surface area (Å²) in [4.78, 5) is 5.21. The van der Waals surface area contributed by atoms with E-state index < -0.39 is 0 Å². The highest BCUT2D eigenvalue weighted by molar-refractivity contribution is 5.05. The van der Waals surface area contributed by atoms with Gasteiger partial charge in [0.05, 0.1) is 12.7 Å². The number of nitrogens with one attached hydrogen (secondary N) is 1. The zero-order valence-corrected chi connectivity index (χ0v) is 16.2. The van der Waals surface area contributed by atoms with E-state index in [0.717, 1.165) is 65.3 Å². The van der Waals surface area contributed by atoms with Crippen LogP contribution in [0.25, 0.3) is 0 Å². The summed E-state index contributed by atoms with van der Waals surface area (Å²) in [5.74, 6) is 0. The van der Waals surface area contributed by atoms with Gasteiger partial charge in [-0.2, -0.15) is 0 Å². The van der Waals surface area contributed by atoms with Crippen LogP contribution >= 0.6 is 0 Å². The number of nitrogens with two attached hydrogens (primary N) is 1. The molecule has 144 valence electrons. The molecule has 4 fully saturated rings. The molecule has 6 nitrogen and oxygen atoms in total. The number of hydrogen-bond acceptors (Lipinski definition) is 6. The third-order valence-corrected chi connectivity index (χ3v) is 7.06. The molecule has 3 atom stereocenters. The van der Waals surface area contributed by atoms with E-state index in [0.29, 0.717) is 23.6 Å². The second-order valence-electron chi connectivity index (χ2n) is 9.33. The minimum atomic E-state index is 0.0616. The number of morpholine rings is 1. The first kappa shape index (κ1) is 18.1. The molecular weight excluding hydrogens is 316 g/mol. The van der Waals surface area contributed by atoms with Crippen molar-refractivity contribution in [2.45, 2.75) is 63.4 Å². The lowest BCUT2D eigenvalue weighted by atomic mass is 9.69. The maximum atomic E-state index is 6.56. The minimum absolute atomic E-state index is 0.0616. The fourth-order valence-corrected chi connectivity index (χ4v) is 5.08. The quantitative estimate of drug-likeness (QED) is 0.757. The lowest BCUT2D eigenvalue weighted by Crippen LogP contribution is -2.72. The normalized spacial score (nSPS) is 36.4. The summed E-state index contributed by atoms with van der Waals surface area (Å²) < 4.78 is 12.1. The third-order valence-electron chi connectivity index (χ3n) is 7.06. The van der Waals surface area contributed by atoms with Crippen LogP contribution in [0.3, 0.4) is 0 Å². The maximum Gasteiger partial charge on any atom is 0.106 e. The first-order chi connectivity index (χ1) is 11.9. The smallest absolute Gasteiger partial charge is 0.106 e. The van der Waals surface area contributed by atoms with E-state index in [1.165, 1.54) is 0 Å². The van der Waals surface area contributed by atoms with E-state index in [2.05, 4.69) is 35.9 Å². The zero-order valence-electron chi connectivity index (χ0n) is 16.2. The predicted octanol–water partition coefficient (Wildman–Crippen LogP) is 0.266. The van der Waals surface area contributed by atoms with Crippen molar-refractivity contribution in [3.05, 3.63) is 0 Å². The van der Waals surface area contributed by atoms with Gasteiger partial charge < -0.3 is 20.5 Å². The molecule has 0 bridgehead atoms. The van der Waals surface area contributed by atoms with E-state index in [-0.39, 0.29) is 11.6 Å². The Morgan fingerprint density at radius 2 is 1.92 bits per heavy atom. The molecule has 6 heteroatoms. The maximum absolute atomic E-state index is 6.56. The van der Waals surface area contributed by atoms with Crippen molar-refractivity contribution >= 4 is 0 Å². The number of ether oxygens (including phenoxy) is 2. The summed E-state index contributed by atoms with van der Waals surface area (Å²) in [6.07, 6.45) is 2.58. The lowest BCUT2D eigenvalue weighted by molar-refractivity contribution is -0.191. The van der Waals surface area contributed by atoms with Crippen LogP contribution in [0.2, 0.25) is 0 Å². The van der Waals surface area contributed by atoms with Crippen LogP contribution in [0.5, 0.6) is 0 Å². The molecule has 0 aromatic heterocycles. The van der Waals surface area contributed by atoms with Gasteiger partial charge in [0.25, 0.3) is 0 Å². The Morgan fingerprint density at radius 3 is 2.52 bits per heavy atom. The van der Waals surface area contributed by atoms with Crippen LogP contribution in [0, 0.1) is 5.41 Å². The van der Waals surface area contributed by atoms with Crippen molar-refractivity contribution in [3.63, 3.8) is 0 Å². The van der Waals surface area contributed by atoms with Crippen molar-refractivity contribution in [1.29, 1.82) is 0 Å². The standard InChI is InChI=1S/C19H36N4O2/c1-14(2)22-7-16(25-19(13-22)9-21-10-19)6-15(3)23-11-18(12-23)4-5-24-8-17(18)20/h14-17,21H,4-13,20H2,1-3H3. The fourth-order valence-electron chi connectivity index (χ4n) is 5.08. The van der Waals surface area contributed by atoms with Crippen LogP contribution in [-0.4, -0.2) is 92.1 Å². The number of nitrogens with zero attached hydrogens (tertiary/aromatic N) is 2. The van der Waals surface area contributed by atoms with Gasteiger partial charge in [0.1, 0.15) is 5.60 Å². The molecule has 25 heavy (non-hydrogen) atoms. The number of hydrogen-bond donors (Lipinski definition) is 2. The minimum Gasteiger partial charge on any atom is -0.380 e. The Bertz CT molecular complexity index is 476. The zero-order chi connectivity index (χ0) is 17.7. The van der Waals surface area contributed by atoms with Crippen molar-refractivity contribution in [2.24, 2.45) is 11.1 Å². The van der Waals surface area contributed by atoms with E-state index in [4.69, 9.17) is 15.2 Å². The van der Waals surface area contributed by atoms with E-state index in [9.17, 15) is 0 Å². The summed E-state index contributed by atoms with van der Waals surface area (Å²) in [6, 6.07) is 1.35. The molecular formula is C19H36N4O2. The van der Waals surface area contributed by atoms with Crippen molar-refractivity contribution in [3.8, 4) is 0 Å². The topological polar surface area (TPSA) is 63.0 Å². The molecule has 4 heterocycles. The molecule has 0 aromatic carbocycles. The molecule has 4 aliphatic rings. The molecule has 4 saturated heterocycles. The van der Waals surface area contributed by atoms with Crippen molar-refractivity contribution < 1.29 is 9.47 Å². The molecule has 3 unspecified atom stereocenters. The average molecular weight is 353 g/mol. The summed E-state index contributed by atoms with van der Waals surface area (Å²) in [5.41, 5.74) is 6.71. The van der Waals surface area contributed by atoms with E-state index >= 15 is 0 Å². The Kier molecular flexibility index (Phi) is 4.88. The first-order valence-electron chi connectivity index (χ1n) is 10.1. The highest BCUT2D eigenvalue weighted by Gasteiger charge is 2.51. The van der Waals surface area contributed by atoms with Crippen LogP contribution in [0.1, 0.15) is 33.6 Å². The molecule has 4 rings (SSSR count). The molecule has 4 aliphatic heterocycles. The highest BCUT2D eigenvalue weighted by atomic mass is 16.5. The van der Waals surface area contributed by atoms with Crippen LogP contribution in [-0.2, 0) is 9.47 Å². The summed E-state index contributed by atoms with van der Waals surface area (Å²) in [5, 5.41) is 3.41. The van der Waals surface area contributed by atoms with Gasteiger partial charge in [0, 0.05) is 69.4 Å². The second kappa shape index (κ2) is 6.73. The van der Waals surface area contributed by atoms with Gasteiger partial charge in [-0.25, -0.2) is 0 Å². The van der Waals surface area contributed by atoms with Gasteiger partial charge in [0.15, 0.2) is 0 Å². The van der Waals surface area contributed by atoms with Gasteiger partial charge in [-0.3, -0.25) is 9.80 Å². The molecule has 0 radical (unpaired) electrons. The highest BCUT2D eigenvalue weighted by Crippen LogP contribution is 2.41. The van der Waals surface area contributed by atoms with Gasteiger partial charge in [0.2, 0.25) is 0 Å². The van der Waals surface area contributed by atoms with Gasteiger partial charge in [-0.15, -0.1) is 0 Å². The third kappa shape index (κ3) is 3.37. The molecule has 0 saturated carbocycles. The van der Waals surface area contributed by atoms with Crippen LogP contribution in [0.4, 0.5) is 0 Å². The summed E-state index contributed by atoms with van der Waals surface area (Å²) in [7, 11) is 0. The number of rotatable bonds is 4.